The van der Waals surface area contributed by atoms with Gasteiger partial charge in [0.15, 0.2) is 0 Å². The van der Waals surface area contributed by atoms with Crippen LogP contribution in [0, 0.1) is 6.92 Å². The number of hydrogen-bond donors (Lipinski definition) is 1. The summed E-state index contributed by atoms with van der Waals surface area (Å²) >= 11 is 0. The van der Waals surface area contributed by atoms with Gasteiger partial charge >= 0.3 is 0 Å². The number of carbonyl (C=O) groups is 2. The number of ketones is 1. The number of aliphatic hydroxyl groups excluding tert-OH is 1. The summed E-state index contributed by atoms with van der Waals surface area (Å²) in [5.41, 5.74) is 0.481. The lowest BCUT2D eigenvalue weighted by molar-refractivity contribution is -0.140. The number of amides is 1. The number of carbonyl (C=O) groups excluding carboxylic acids is 2. The van der Waals surface area contributed by atoms with E-state index >= 15 is 0 Å². The monoisotopic (exact) mass is 369 g/mol. The zero-order chi connectivity index (χ0) is 19.6. The van der Waals surface area contributed by atoms with Crippen LogP contribution in [0.4, 0.5) is 0 Å². The van der Waals surface area contributed by atoms with Crippen molar-refractivity contribution in [3.8, 4) is 0 Å². The average molecular weight is 369 g/mol. The van der Waals surface area contributed by atoms with Crippen molar-refractivity contribution in [1.82, 2.24) is 14.8 Å². The Labute approximate surface area is 157 Å². The fourth-order valence-corrected chi connectivity index (χ4v) is 3.23. The number of Topliss-reactive ketones (excluding diaryl/α,β-unsaturated/α-hetero) is 1. The van der Waals surface area contributed by atoms with E-state index in [0.29, 0.717) is 30.0 Å². The van der Waals surface area contributed by atoms with Crippen molar-refractivity contribution in [3.05, 3.63) is 59.3 Å². The number of rotatable bonds is 6. The van der Waals surface area contributed by atoms with E-state index in [1.807, 2.05) is 19.0 Å². The highest BCUT2D eigenvalue weighted by Gasteiger charge is 2.47. The second kappa shape index (κ2) is 7.75. The number of aromatic nitrogens is 1. The summed E-state index contributed by atoms with van der Waals surface area (Å²) in [5.74, 6) is -0.401. The highest BCUT2D eigenvalue weighted by atomic mass is 16.3. The van der Waals surface area contributed by atoms with Gasteiger partial charge in [-0.25, -0.2) is 0 Å². The first-order valence-corrected chi connectivity index (χ1v) is 8.80. The van der Waals surface area contributed by atoms with E-state index in [0.717, 1.165) is 6.54 Å². The molecule has 1 N–H and O–H groups in total. The molecule has 3 heterocycles. The molecule has 0 radical (unpaired) electrons. The molecule has 0 aromatic carbocycles. The molecule has 1 fully saturated rings. The summed E-state index contributed by atoms with van der Waals surface area (Å²) in [4.78, 5) is 32.8. The molecule has 0 saturated carbocycles. The molecule has 0 unspecified atom stereocenters. The molecule has 2 aromatic heterocycles. The van der Waals surface area contributed by atoms with Gasteiger partial charge in [-0.1, -0.05) is 0 Å². The number of nitrogens with zero attached hydrogens (tertiary/aromatic N) is 3. The summed E-state index contributed by atoms with van der Waals surface area (Å²) in [7, 11) is 3.90. The highest BCUT2D eigenvalue weighted by Crippen LogP contribution is 2.39. The van der Waals surface area contributed by atoms with Gasteiger partial charge in [0.1, 0.15) is 23.3 Å². The number of furan rings is 1. The van der Waals surface area contributed by atoms with E-state index in [2.05, 4.69) is 4.98 Å². The zero-order valence-electron chi connectivity index (χ0n) is 15.7. The summed E-state index contributed by atoms with van der Waals surface area (Å²) in [6.45, 7) is 2.96. The second-order valence-corrected chi connectivity index (χ2v) is 6.83. The standard InChI is InChI=1S/C20H23N3O4/c1-13-5-6-15(27-13)17-16(18(24)14-7-9-21-10-8-14)19(25)20(26)23(17)12-4-11-22(2)3/h5-10,17,24H,4,11-12H2,1-3H3/t17-/m0/s1. The lowest BCUT2D eigenvalue weighted by Crippen LogP contribution is -2.32. The minimum absolute atomic E-state index is 0.0467. The molecular formula is C20H23N3O4. The normalized spacial score (nSPS) is 19.3. The van der Waals surface area contributed by atoms with E-state index in [-0.39, 0.29) is 11.3 Å². The molecule has 7 heteroatoms. The minimum atomic E-state index is -0.742. The van der Waals surface area contributed by atoms with Crippen LogP contribution in [0.25, 0.3) is 5.76 Å². The van der Waals surface area contributed by atoms with Gasteiger partial charge in [0, 0.05) is 24.5 Å². The maximum Gasteiger partial charge on any atom is 0.295 e. The Kier molecular flexibility index (Phi) is 5.41. The van der Waals surface area contributed by atoms with Gasteiger partial charge in [-0.3, -0.25) is 14.6 Å². The van der Waals surface area contributed by atoms with Crippen LogP contribution in [0.5, 0.6) is 0 Å². The van der Waals surface area contributed by atoms with Gasteiger partial charge in [-0.05, 0) is 58.3 Å². The summed E-state index contributed by atoms with van der Waals surface area (Å²) in [5, 5.41) is 10.8. The lowest BCUT2D eigenvalue weighted by Gasteiger charge is -2.24. The van der Waals surface area contributed by atoms with Crippen LogP contribution in [-0.4, -0.2) is 58.8 Å². The number of hydrogen-bond acceptors (Lipinski definition) is 6. The van der Waals surface area contributed by atoms with Crippen LogP contribution in [0.2, 0.25) is 0 Å². The SMILES string of the molecule is Cc1ccc([C@H]2C(=C(O)c3ccncc3)C(=O)C(=O)N2CCCN(C)C)o1. The van der Waals surface area contributed by atoms with Gasteiger partial charge in [0.25, 0.3) is 11.7 Å². The van der Waals surface area contributed by atoms with Crippen molar-refractivity contribution in [3.63, 3.8) is 0 Å². The van der Waals surface area contributed by atoms with Crippen LogP contribution in [0.1, 0.15) is 29.5 Å². The van der Waals surface area contributed by atoms with Crippen molar-refractivity contribution < 1.29 is 19.1 Å². The third kappa shape index (κ3) is 3.78. The van der Waals surface area contributed by atoms with Crippen LogP contribution in [0.3, 0.4) is 0 Å². The largest absolute Gasteiger partial charge is 0.507 e. The number of aliphatic hydroxyl groups is 1. The zero-order valence-corrected chi connectivity index (χ0v) is 15.7. The second-order valence-electron chi connectivity index (χ2n) is 6.83. The van der Waals surface area contributed by atoms with E-state index in [9.17, 15) is 14.7 Å². The van der Waals surface area contributed by atoms with Gasteiger partial charge in [-0.15, -0.1) is 0 Å². The Bertz CT molecular complexity index is 870. The third-order valence-corrected chi connectivity index (χ3v) is 4.53. The Morgan fingerprint density at radius 2 is 1.93 bits per heavy atom. The molecule has 0 aliphatic carbocycles. The predicted molar refractivity (Wildman–Crippen MR) is 99.9 cm³/mol. The molecule has 1 saturated heterocycles. The van der Waals surface area contributed by atoms with Crippen molar-refractivity contribution >= 4 is 17.4 Å². The molecular weight excluding hydrogens is 346 g/mol. The van der Waals surface area contributed by atoms with Gasteiger partial charge in [-0.2, -0.15) is 0 Å². The van der Waals surface area contributed by atoms with Crippen molar-refractivity contribution in [2.75, 3.05) is 27.2 Å². The highest BCUT2D eigenvalue weighted by molar-refractivity contribution is 6.46. The van der Waals surface area contributed by atoms with Gasteiger partial charge < -0.3 is 19.3 Å². The van der Waals surface area contributed by atoms with Gasteiger partial charge in [0.2, 0.25) is 0 Å². The maximum atomic E-state index is 12.7. The Morgan fingerprint density at radius 1 is 1.22 bits per heavy atom. The molecule has 7 nitrogen and oxygen atoms in total. The first kappa shape index (κ1) is 18.8. The first-order valence-electron chi connectivity index (χ1n) is 8.80. The smallest absolute Gasteiger partial charge is 0.295 e. The number of aryl methyl sites for hydroxylation is 1. The summed E-state index contributed by atoms with van der Waals surface area (Å²) < 4.78 is 5.72. The van der Waals surface area contributed by atoms with Gasteiger partial charge in [0.05, 0.1) is 5.57 Å². The predicted octanol–water partition coefficient (Wildman–Crippen LogP) is 2.36. The van der Waals surface area contributed by atoms with Crippen molar-refractivity contribution in [2.24, 2.45) is 0 Å². The summed E-state index contributed by atoms with van der Waals surface area (Å²) in [6.07, 6.45) is 3.74. The van der Waals surface area contributed by atoms with E-state index in [1.165, 1.54) is 17.3 Å². The third-order valence-electron chi connectivity index (χ3n) is 4.53. The van der Waals surface area contributed by atoms with E-state index in [1.54, 1.807) is 31.2 Å². The Morgan fingerprint density at radius 3 is 2.52 bits per heavy atom. The Hall–Kier alpha value is -2.93. The minimum Gasteiger partial charge on any atom is -0.507 e. The molecule has 0 bridgehead atoms. The molecule has 27 heavy (non-hydrogen) atoms. The molecule has 1 aliphatic heterocycles. The Balaban J connectivity index is 2.05. The lowest BCUT2D eigenvalue weighted by atomic mass is 10.00. The molecule has 2 aromatic rings. The molecule has 1 amide bonds. The van der Waals surface area contributed by atoms with Crippen LogP contribution in [-0.2, 0) is 9.59 Å². The van der Waals surface area contributed by atoms with E-state index in [4.69, 9.17) is 4.42 Å². The number of pyridine rings is 1. The fourth-order valence-electron chi connectivity index (χ4n) is 3.23. The molecule has 0 spiro atoms. The van der Waals surface area contributed by atoms with Crippen LogP contribution in [0.15, 0.2) is 46.6 Å². The molecule has 1 atom stereocenters. The average Bonchev–Trinajstić information content (AvgIpc) is 3.18. The maximum absolute atomic E-state index is 12.7. The molecule has 1 aliphatic rings. The van der Waals surface area contributed by atoms with Crippen LogP contribution >= 0.6 is 0 Å². The van der Waals surface area contributed by atoms with Crippen molar-refractivity contribution in [2.45, 2.75) is 19.4 Å². The van der Waals surface area contributed by atoms with Crippen LogP contribution < -0.4 is 0 Å². The quantitative estimate of drug-likeness (QED) is 0.478. The molecule has 142 valence electrons. The molecule has 3 rings (SSSR count). The first-order chi connectivity index (χ1) is 12.9. The fraction of sp³-hybridized carbons (Fsp3) is 0.350. The summed E-state index contributed by atoms with van der Waals surface area (Å²) in [6, 6.07) is 5.97. The topological polar surface area (TPSA) is 86.9 Å². The number of likely N-dealkylation sites (tertiary alicyclic amines) is 1. The van der Waals surface area contributed by atoms with E-state index < -0.39 is 17.7 Å². The van der Waals surface area contributed by atoms with Crippen molar-refractivity contribution in [1.29, 1.82) is 0 Å².